The number of phenolic OH excluding ortho intramolecular Hbond substituents is 1. The number of rotatable bonds is 7. The van der Waals surface area contributed by atoms with Crippen molar-refractivity contribution in [2.24, 2.45) is 0 Å². The first kappa shape index (κ1) is 14.2. The van der Waals surface area contributed by atoms with Crippen molar-refractivity contribution in [1.82, 2.24) is 5.32 Å². The number of nitrogens with one attached hydrogen (secondary N) is 1. The second kappa shape index (κ2) is 7.45. The lowest BCUT2D eigenvalue weighted by Crippen LogP contribution is -2.26. The van der Waals surface area contributed by atoms with Crippen LogP contribution in [0.2, 0.25) is 0 Å². The molecule has 0 amide bonds. The van der Waals surface area contributed by atoms with Crippen molar-refractivity contribution in [1.29, 1.82) is 0 Å². The molecular weight excluding hydrogens is 234 g/mol. The Morgan fingerprint density at radius 3 is 2.88 bits per heavy atom. The van der Waals surface area contributed by atoms with Crippen LogP contribution in [0.3, 0.4) is 0 Å². The van der Waals surface area contributed by atoms with Crippen LogP contribution >= 0.6 is 11.8 Å². The van der Waals surface area contributed by atoms with Crippen molar-refractivity contribution in [3.8, 4) is 11.5 Å². The summed E-state index contributed by atoms with van der Waals surface area (Å²) in [7, 11) is 1.56. The van der Waals surface area contributed by atoms with Gasteiger partial charge < -0.3 is 15.2 Å². The van der Waals surface area contributed by atoms with Gasteiger partial charge >= 0.3 is 0 Å². The number of methoxy groups -OCH3 is 1. The molecule has 0 aromatic heterocycles. The fraction of sp³-hybridized carbons (Fsp3) is 0.538. The first-order valence-electron chi connectivity index (χ1n) is 5.76. The van der Waals surface area contributed by atoms with Crippen molar-refractivity contribution < 1.29 is 9.84 Å². The van der Waals surface area contributed by atoms with E-state index in [1.54, 1.807) is 13.2 Å². The molecule has 0 saturated carbocycles. The third-order valence-corrected chi connectivity index (χ3v) is 3.34. The van der Waals surface area contributed by atoms with E-state index in [4.69, 9.17) is 4.74 Å². The van der Waals surface area contributed by atoms with Gasteiger partial charge in [0.05, 0.1) is 7.11 Å². The van der Waals surface area contributed by atoms with Gasteiger partial charge in [0.1, 0.15) is 0 Å². The first-order chi connectivity index (χ1) is 8.19. The maximum Gasteiger partial charge on any atom is 0.162 e. The SMILES string of the molecule is COc1cccc(CNC(C)CCSC)c1O. The van der Waals surface area contributed by atoms with Gasteiger partial charge in [-0.1, -0.05) is 12.1 Å². The smallest absolute Gasteiger partial charge is 0.162 e. The van der Waals surface area contributed by atoms with Gasteiger partial charge in [0.25, 0.3) is 0 Å². The van der Waals surface area contributed by atoms with Gasteiger partial charge in [0.2, 0.25) is 0 Å². The molecule has 0 fully saturated rings. The molecule has 1 aromatic rings. The van der Waals surface area contributed by atoms with Crippen LogP contribution in [0.25, 0.3) is 0 Å². The molecule has 17 heavy (non-hydrogen) atoms. The fourth-order valence-electron chi connectivity index (χ4n) is 1.56. The first-order valence-corrected chi connectivity index (χ1v) is 7.15. The van der Waals surface area contributed by atoms with Crippen LogP contribution in [-0.2, 0) is 6.54 Å². The Bertz CT molecular complexity index is 344. The van der Waals surface area contributed by atoms with Crippen LogP contribution in [-0.4, -0.2) is 30.3 Å². The van der Waals surface area contributed by atoms with Crippen LogP contribution in [0, 0.1) is 0 Å². The number of aromatic hydroxyl groups is 1. The Balaban J connectivity index is 2.51. The number of phenols is 1. The monoisotopic (exact) mass is 255 g/mol. The van der Waals surface area contributed by atoms with Gasteiger partial charge in [0, 0.05) is 18.2 Å². The highest BCUT2D eigenvalue weighted by molar-refractivity contribution is 7.98. The summed E-state index contributed by atoms with van der Waals surface area (Å²) in [6.07, 6.45) is 3.24. The highest BCUT2D eigenvalue weighted by Gasteiger charge is 2.08. The minimum atomic E-state index is 0.236. The quantitative estimate of drug-likeness (QED) is 0.786. The Morgan fingerprint density at radius 2 is 2.24 bits per heavy atom. The van der Waals surface area contributed by atoms with Crippen molar-refractivity contribution in [2.75, 3.05) is 19.1 Å². The number of thioether (sulfide) groups is 1. The maximum absolute atomic E-state index is 9.91. The van der Waals surface area contributed by atoms with Crippen LogP contribution in [0.4, 0.5) is 0 Å². The summed E-state index contributed by atoms with van der Waals surface area (Å²) in [5.74, 6) is 1.92. The average Bonchev–Trinajstić information content (AvgIpc) is 2.35. The van der Waals surface area contributed by atoms with Crippen LogP contribution in [0.1, 0.15) is 18.9 Å². The summed E-state index contributed by atoms with van der Waals surface area (Å²) in [6, 6.07) is 6.01. The lowest BCUT2D eigenvalue weighted by Gasteiger charge is -2.14. The Labute approximate surface area is 108 Å². The summed E-state index contributed by atoms with van der Waals surface area (Å²) in [5, 5.41) is 13.3. The number of ether oxygens (including phenoxy) is 1. The molecule has 0 bridgehead atoms. The van der Waals surface area contributed by atoms with E-state index in [-0.39, 0.29) is 5.75 Å². The lowest BCUT2D eigenvalue weighted by molar-refractivity contribution is 0.369. The van der Waals surface area contributed by atoms with E-state index in [0.29, 0.717) is 18.3 Å². The molecule has 0 aliphatic heterocycles. The number of hydrogen-bond donors (Lipinski definition) is 2. The fourth-order valence-corrected chi connectivity index (χ4v) is 2.15. The summed E-state index contributed by atoms with van der Waals surface area (Å²) in [6.45, 7) is 2.83. The molecule has 1 unspecified atom stereocenters. The van der Waals surface area contributed by atoms with E-state index < -0.39 is 0 Å². The van der Waals surface area contributed by atoms with Gasteiger partial charge in [-0.3, -0.25) is 0 Å². The van der Waals surface area contributed by atoms with Gasteiger partial charge in [-0.05, 0) is 31.4 Å². The minimum absolute atomic E-state index is 0.236. The largest absolute Gasteiger partial charge is 0.504 e. The van der Waals surface area contributed by atoms with E-state index >= 15 is 0 Å². The summed E-state index contributed by atoms with van der Waals surface area (Å²) >= 11 is 1.85. The predicted octanol–water partition coefficient (Wildman–Crippen LogP) is 2.63. The second-order valence-electron chi connectivity index (χ2n) is 4.03. The van der Waals surface area contributed by atoms with Gasteiger partial charge in [-0.25, -0.2) is 0 Å². The van der Waals surface area contributed by atoms with E-state index in [9.17, 15) is 5.11 Å². The molecular formula is C13H21NO2S. The third-order valence-electron chi connectivity index (χ3n) is 2.70. The lowest BCUT2D eigenvalue weighted by atomic mass is 10.1. The summed E-state index contributed by atoms with van der Waals surface area (Å²) in [5.41, 5.74) is 0.875. The summed E-state index contributed by atoms with van der Waals surface area (Å²) in [4.78, 5) is 0. The highest BCUT2D eigenvalue weighted by Crippen LogP contribution is 2.29. The number of para-hydroxylation sites is 1. The minimum Gasteiger partial charge on any atom is -0.504 e. The van der Waals surface area contributed by atoms with Gasteiger partial charge in [0.15, 0.2) is 11.5 Å². The highest BCUT2D eigenvalue weighted by atomic mass is 32.2. The van der Waals surface area contributed by atoms with Crippen molar-refractivity contribution in [2.45, 2.75) is 25.9 Å². The molecule has 96 valence electrons. The molecule has 0 aliphatic rings. The normalized spacial score (nSPS) is 12.4. The standard InChI is InChI=1S/C13H21NO2S/c1-10(7-8-17-3)14-9-11-5-4-6-12(16-2)13(11)15/h4-6,10,14-15H,7-9H2,1-3H3. The number of hydrogen-bond acceptors (Lipinski definition) is 4. The van der Waals surface area contributed by atoms with Crippen LogP contribution < -0.4 is 10.1 Å². The van der Waals surface area contributed by atoms with Crippen molar-refractivity contribution >= 4 is 11.8 Å². The molecule has 4 heteroatoms. The zero-order valence-corrected chi connectivity index (χ0v) is 11.5. The Hall–Kier alpha value is -0.870. The van der Waals surface area contributed by atoms with Crippen molar-refractivity contribution in [3.05, 3.63) is 23.8 Å². The van der Waals surface area contributed by atoms with Gasteiger partial charge in [-0.15, -0.1) is 0 Å². The Kier molecular flexibility index (Phi) is 6.22. The van der Waals surface area contributed by atoms with E-state index in [1.807, 2.05) is 23.9 Å². The summed E-state index contributed by atoms with van der Waals surface area (Å²) < 4.78 is 5.08. The van der Waals surface area contributed by atoms with E-state index in [1.165, 1.54) is 0 Å². The number of benzene rings is 1. The third kappa shape index (κ3) is 4.48. The van der Waals surface area contributed by atoms with Crippen LogP contribution in [0.15, 0.2) is 18.2 Å². The molecule has 1 rings (SSSR count). The molecule has 2 N–H and O–H groups in total. The maximum atomic E-state index is 9.91. The molecule has 0 aliphatic carbocycles. The van der Waals surface area contributed by atoms with Crippen LogP contribution in [0.5, 0.6) is 11.5 Å². The average molecular weight is 255 g/mol. The molecule has 1 atom stereocenters. The Morgan fingerprint density at radius 1 is 1.47 bits per heavy atom. The second-order valence-corrected chi connectivity index (χ2v) is 5.02. The molecule has 0 saturated heterocycles. The predicted molar refractivity (Wildman–Crippen MR) is 74.0 cm³/mol. The zero-order valence-electron chi connectivity index (χ0n) is 10.7. The zero-order chi connectivity index (χ0) is 12.7. The molecule has 0 radical (unpaired) electrons. The van der Waals surface area contributed by atoms with Crippen molar-refractivity contribution in [3.63, 3.8) is 0 Å². The van der Waals surface area contributed by atoms with Gasteiger partial charge in [-0.2, -0.15) is 11.8 Å². The molecule has 3 nitrogen and oxygen atoms in total. The van der Waals surface area contributed by atoms with E-state index in [0.717, 1.165) is 17.7 Å². The molecule has 1 aromatic carbocycles. The van der Waals surface area contributed by atoms with E-state index in [2.05, 4.69) is 18.5 Å². The molecule has 0 heterocycles. The molecule has 0 spiro atoms. The topological polar surface area (TPSA) is 41.5 Å².